The highest BCUT2D eigenvalue weighted by Crippen LogP contribution is 2.50. The first kappa shape index (κ1) is 16.0. The van der Waals surface area contributed by atoms with Gasteiger partial charge in [-0.1, -0.05) is 86.0 Å². The van der Waals surface area contributed by atoms with E-state index in [2.05, 4.69) is 36.4 Å². The molecule has 0 aromatic heterocycles. The van der Waals surface area contributed by atoms with Crippen LogP contribution < -0.4 is 5.73 Å². The maximum absolute atomic E-state index is 6.90. The van der Waals surface area contributed by atoms with Crippen LogP contribution in [0.3, 0.4) is 0 Å². The van der Waals surface area contributed by atoms with Crippen molar-refractivity contribution in [2.45, 2.75) is 43.4 Å². The average Bonchev–Trinajstić information content (AvgIpc) is 2.72. The van der Waals surface area contributed by atoms with Crippen LogP contribution in [0.15, 0.2) is 66.7 Å². The third-order valence-electron chi connectivity index (χ3n) is 6.00. The molecule has 3 nitrogen and oxygen atoms in total. The summed E-state index contributed by atoms with van der Waals surface area (Å²) in [6, 6.07) is 22.8. The molecule has 1 aliphatic carbocycles. The summed E-state index contributed by atoms with van der Waals surface area (Å²) >= 11 is 0. The van der Waals surface area contributed by atoms with Crippen LogP contribution in [0.4, 0.5) is 0 Å². The van der Waals surface area contributed by atoms with Crippen molar-refractivity contribution in [1.82, 2.24) is 0 Å². The third kappa shape index (κ3) is 2.25. The Balaban J connectivity index is 1.73. The van der Waals surface area contributed by atoms with Crippen LogP contribution in [-0.2, 0) is 21.1 Å². The van der Waals surface area contributed by atoms with Crippen LogP contribution in [0.1, 0.15) is 48.8 Å². The van der Waals surface area contributed by atoms with Gasteiger partial charge in [0.05, 0.1) is 0 Å². The van der Waals surface area contributed by atoms with Gasteiger partial charge in [-0.2, -0.15) is 0 Å². The summed E-state index contributed by atoms with van der Waals surface area (Å²) in [4.78, 5) is 12.2. The van der Waals surface area contributed by atoms with E-state index in [0.717, 1.165) is 47.6 Å². The second-order valence-electron chi connectivity index (χ2n) is 7.53. The maximum atomic E-state index is 6.90. The fourth-order valence-corrected chi connectivity index (χ4v) is 4.65. The second kappa shape index (κ2) is 5.92. The van der Waals surface area contributed by atoms with Gasteiger partial charge < -0.3 is 0 Å². The molecule has 1 heterocycles. The van der Waals surface area contributed by atoms with Crippen molar-refractivity contribution >= 4 is 10.8 Å². The minimum absolute atomic E-state index is 0.359. The Morgan fingerprint density at radius 2 is 1.31 bits per heavy atom. The number of hydrogen-bond donors (Lipinski definition) is 1. The van der Waals surface area contributed by atoms with E-state index in [-0.39, 0.29) is 5.60 Å². The zero-order valence-corrected chi connectivity index (χ0v) is 14.8. The van der Waals surface area contributed by atoms with Gasteiger partial charge in [0.1, 0.15) is 5.60 Å². The van der Waals surface area contributed by atoms with Gasteiger partial charge in [0, 0.05) is 11.1 Å². The highest BCUT2D eigenvalue weighted by Gasteiger charge is 2.49. The predicted molar refractivity (Wildman–Crippen MR) is 102 cm³/mol. The van der Waals surface area contributed by atoms with Crippen LogP contribution in [0, 0.1) is 0 Å². The zero-order valence-electron chi connectivity index (χ0n) is 14.8. The Morgan fingerprint density at radius 3 is 2.15 bits per heavy atom. The van der Waals surface area contributed by atoms with E-state index in [9.17, 15) is 0 Å². The van der Waals surface area contributed by atoms with Crippen LogP contribution >= 0.6 is 0 Å². The number of rotatable bonds is 1. The predicted octanol–water partition coefficient (Wildman–Crippen LogP) is 5.12. The third-order valence-corrected chi connectivity index (χ3v) is 6.00. The Kier molecular flexibility index (Phi) is 3.64. The van der Waals surface area contributed by atoms with E-state index in [0.29, 0.717) is 0 Å². The Labute approximate surface area is 153 Å². The van der Waals surface area contributed by atoms with E-state index in [4.69, 9.17) is 15.5 Å². The Morgan fingerprint density at radius 1 is 0.654 bits per heavy atom. The molecule has 0 radical (unpaired) electrons. The molecule has 2 N–H and O–H groups in total. The molecule has 1 spiro atoms. The summed E-state index contributed by atoms with van der Waals surface area (Å²) in [5, 5.41) is 2.24. The first-order valence-electron chi connectivity index (χ1n) is 9.47. The molecule has 3 heteroatoms. The second-order valence-corrected chi connectivity index (χ2v) is 7.53. The standard InChI is InChI=1S/C23H23NO2/c24-23(19-14-8-10-17-9-2-3-11-18(17)19)21-13-5-4-12-20(21)22(25-26-23)15-6-1-7-16-22/h2-5,8-14H,1,6-7,15-16,24H2. The monoisotopic (exact) mass is 345 g/mol. The Hall–Kier alpha value is -2.20. The lowest BCUT2D eigenvalue weighted by molar-refractivity contribution is -0.430. The van der Waals surface area contributed by atoms with E-state index in [1.807, 2.05) is 30.3 Å². The molecule has 5 rings (SSSR count). The van der Waals surface area contributed by atoms with Crippen LogP contribution in [-0.4, -0.2) is 0 Å². The van der Waals surface area contributed by atoms with Gasteiger partial charge in [0.25, 0.3) is 0 Å². The lowest BCUT2D eigenvalue weighted by Crippen LogP contribution is -2.51. The summed E-state index contributed by atoms with van der Waals surface area (Å²) in [5.74, 6) is 0. The van der Waals surface area contributed by atoms with Crippen LogP contribution in [0.5, 0.6) is 0 Å². The van der Waals surface area contributed by atoms with Crippen molar-refractivity contribution in [3.63, 3.8) is 0 Å². The van der Waals surface area contributed by atoms with Gasteiger partial charge >= 0.3 is 0 Å². The number of benzene rings is 3. The minimum atomic E-state index is -1.11. The van der Waals surface area contributed by atoms with Gasteiger partial charge in [-0.25, -0.2) is 9.78 Å². The molecule has 1 atom stereocenters. The minimum Gasteiger partial charge on any atom is -0.293 e. The van der Waals surface area contributed by atoms with Gasteiger partial charge in [-0.15, -0.1) is 0 Å². The molecular formula is C23H23NO2. The molecule has 0 bridgehead atoms. The highest BCUT2D eigenvalue weighted by molar-refractivity contribution is 5.87. The molecule has 3 aromatic carbocycles. The molecule has 2 aliphatic rings. The highest BCUT2D eigenvalue weighted by atomic mass is 17.2. The van der Waals surface area contributed by atoms with Crippen molar-refractivity contribution in [2.24, 2.45) is 5.73 Å². The topological polar surface area (TPSA) is 44.5 Å². The summed E-state index contributed by atoms with van der Waals surface area (Å²) in [6.45, 7) is 0. The van der Waals surface area contributed by atoms with Crippen molar-refractivity contribution in [3.05, 3.63) is 83.4 Å². The van der Waals surface area contributed by atoms with Gasteiger partial charge in [-0.05, 0) is 29.2 Å². The molecular weight excluding hydrogens is 322 g/mol. The van der Waals surface area contributed by atoms with Crippen molar-refractivity contribution in [2.75, 3.05) is 0 Å². The summed E-state index contributed by atoms with van der Waals surface area (Å²) in [7, 11) is 0. The van der Waals surface area contributed by atoms with E-state index in [1.165, 1.54) is 12.0 Å². The number of hydrogen-bond acceptors (Lipinski definition) is 3. The number of fused-ring (bicyclic) bond motifs is 3. The van der Waals surface area contributed by atoms with Gasteiger partial charge in [-0.3, -0.25) is 5.73 Å². The first-order valence-corrected chi connectivity index (χ1v) is 9.47. The SMILES string of the molecule is NC1(c2cccc3ccccc23)OOC2(CCCCC2)c2ccccc21. The molecule has 3 aromatic rings. The lowest BCUT2D eigenvalue weighted by Gasteiger charge is -2.46. The number of nitrogens with two attached hydrogens (primary N) is 1. The molecule has 1 unspecified atom stereocenters. The summed E-state index contributed by atoms with van der Waals surface area (Å²) < 4.78 is 0. The normalized spacial score (nSPS) is 24.5. The molecule has 1 aliphatic heterocycles. The molecule has 0 saturated heterocycles. The molecule has 132 valence electrons. The summed E-state index contributed by atoms with van der Waals surface area (Å²) in [5.41, 5.74) is 8.57. The maximum Gasteiger partial charge on any atom is 0.204 e. The van der Waals surface area contributed by atoms with E-state index >= 15 is 0 Å². The average molecular weight is 345 g/mol. The molecule has 26 heavy (non-hydrogen) atoms. The van der Waals surface area contributed by atoms with Gasteiger partial charge in [0.2, 0.25) is 5.72 Å². The quantitative estimate of drug-likeness (QED) is 0.623. The molecule has 1 saturated carbocycles. The zero-order chi connectivity index (χ0) is 17.6. The fraction of sp³-hybridized carbons (Fsp3) is 0.304. The Bertz CT molecular complexity index is 956. The fourth-order valence-electron chi connectivity index (χ4n) is 4.65. The largest absolute Gasteiger partial charge is 0.293 e. The van der Waals surface area contributed by atoms with Crippen molar-refractivity contribution in [1.29, 1.82) is 0 Å². The lowest BCUT2D eigenvalue weighted by atomic mass is 9.74. The van der Waals surface area contributed by atoms with Crippen LogP contribution in [0.2, 0.25) is 0 Å². The van der Waals surface area contributed by atoms with Crippen molar-refractivity contribution in [3.8, 4) is 0 Å². The van der Waals surface area contributed by atoms with E-state index < -0.39 is 5.72 Å². The molecule has 1 fully saturated rings. The smallest absolute Gasteiger partial charge is 0.204 e. The van der Waals surface area contributed by atoms with Crippen molar-refractivity contribution < 1.29 is 9.78 Å². The van der Waals surface area contributed by atoms with Gasteiger partial charge in [0.15, 0.2) is 0 Å². The van der Waals surface area contributed by atoms with E-state index in [1.54, 1.807) is 0 Å². The summed E-state index contributed by atoms with van der Waals surface area (Å²) in [6.07, 6.45) is 5.53. The molecule has 0 amide bonds. The first-order chi connectivity index (χ1) is 12.7. The van der Waals surface area contributed by atoms with Crippen LogP contribution in [0.25, 0.3) is 10.8 Å².